The van der Waals surface area contributed by atoms with Crippen LogP contribution in [0.1, 0.15) is 0 Å². The summed E-state index contributed by atoms with van der Waals surface area (Å²) in [5.41, 5.74) is 1.03. The van der Waals surface area contributed by atoms with Gasteiger partial charge in [0.25, 0.3) is 5.69 Å². The highest BCUT2D eigenvalue weighted by molar-refractivity contribution is 7.89. The lowest BCUT2D eigenvalue weighted by molar-refractivity contribution is -0.385. The minimum Gasteiger partial charge on any atom is -0.352 e. The Labute approximate surface area is 183 Å². The molecule has 1 saturated heterocycles. The molecule has 0 bridgehead atoms. The van der Waals surface area contributed by atoms with Gasteiger partial charge < -0.3 is 4.90 Å². The largest absolute Gasteiger partial charge is 0.352 e. The molecule has 0 atom stereocenters. The van der Waals surface area contributed by atoms with Crippen LogP contribution in [-0.4, -0.2) is 59.0 Å². The van der Waals surface area contributed by atoms with Crippen LogP contribution in [0.3, 0.4) is 0 Å². The van der Waals surface area contributed by atoms with Crippen molar-refractivity contribution in [3.05, 3.63) is 69.9 Å². The molecule has 3 heterocycles. The Morgan fingerprint density at radius 3 is 2.35 bits per heavy atom. The summed E-state index contributed by atoms with van der Waals surface area (Å²) >= 11 is 6.03. The van der Waals surface area contributed by atoms with Gasteiger partial charge in [0.15, 0.2) is 5.82 Å². The number of non-ortho nitro benzene ring substituents is 1. The molecule has 1 aliphatic rings. The molecule has 2 aromatic heterocycles. The fourth-order valence-corrected chi connectivity index (χ4v) is 5.16. The summed E-state index contributed by atoms with van der Waals surface area (Å²) in [7, 11) is -3.97. The van der Waals surface area contributed by atoms with Gasteiger partial charge in [0.2, 0.25) is 10.0 Å². The number of pyridine rings is 1. The molecule has 0 aliphatic carbocycles. The van der Waals surface area contributed by atoms with Gasteiger partial charge in [0.1, 0.15) is 10.6 Å². The van der Waals surface area contributed by atoms with Crippen LogP contribution in [-0.2, 0) is 10.0 Å². The van der Waals surface area contributed by atoms with Crippen LogP contribution in [0.5, 0.6) is 0 Å². The monoisotopic (exact) mass is 460 g/mol. The Morgan fingerprint density at radius 2 is 1.74 bits per heavy atom. The maximum absolute atomic E-state index is 13.0. The zero-order valence-corrected chi connectivity index (χ0v) is 17.7. The van der Waals surface area contributed by atoms with Gasteiger partial charge in [-0.05, 0) is 30.3 Å². The van der Waals surface area contributed by atoms with E-state index in [1.807, 2.05) is 35.2 Å². The number of nitro benzene ring substituents is 1. The molecule has 0 saturated carbocycles. The van der Waals surface area contributed by atoms with Gasteiger partial charge in [-0.1, -0.05) is 17.7 Å². The van der Waals surface area contributed by atoms with E-state index < -0.39 is 14.9 Å². The summed E-state index contributed by atoms with van der Waals surface area (Å²) in [6.45, 7) is 1.16. The number of hydrogen-bond acceptors (Lipinski definition) is 8. The highest BCUT2D eigenvalue weighted by atomic mass is 35.5. The van der Waals surface area contributed by atoms with Crippen molar-refractivity contribution in [3.8, 4) is 11.4 Å². The van der Waals surface area contributed by atoms with Crippen molar-refractivity contribution in [2.24, 2.45) is 0 Å². The highest BCUT2D eigenvalue weighted by Crippen LogP contribution is 2.29. The van der Waals surface area contributed by atoms with Crippen LogP contribution in [0.25, 0.3) is 11.4 Å². The van der Waals surface area contributed by atoms with Crippen LogP contribution >= 0.6 is 11.6 Å². The van der Waals surface area contributed by atoms with Crippen molar-refractivity contribution in [3.63, 3.8) is 0 Å². The molecule has 1 fully saturated rings. The van der Waals surface area contributed by atoms with Crippen LogP contribution in [0.15, 0.2) is 59.6 Å². The van der Waals surface area contributed by atoms with Crippen molar-refractivity contribution in [1.82, 2.24) is 19.5 Å². The average Bonchev–Trinajstić information content (AvgIpc) is 2.80. The number of aromatic nitrogens is 3. The number of piperazine rings is 1. The van der Waals surface area contributed by atoms with E-state index in [4.69, 9.17) is 11.6 Å². The Morgan fingerprint density at radius 1 is 0.968 bits per heavy atom. The third kappa shape index (κ3) is 4.33. The van der Waals surface area contributed by atoms with Crippen LogP contribution < -0.4 is 4.90 Å². The Bertz CT molecular complexity index is 1200. The summed E-state index contributed by atoms with van der Waals surface area (Å²) < 4.78 is 27.3. The topological polar surface area (TPSA) is 122 Å². The van der Waals surface area contributed by atoms with Crippen molar-refractivity contribution >= 4 is 33.1 Å². The van der Waals surface area contributed by atoms with Crippen molar-refractivity contribution in [1.29, 1.82) is 0 Å². The molecule has 160 valence electrons. The third-order valence-corrected chi connectivity index (χ3v) is 7.26. The molecule has 0 radical (unpaired) electrons. The second-order valence-electron chi connectivity index (χ2n) is 6.75. The number of benzene rings is 1. The molecule has 0 unspecified atom stereocenters. The normalized spacial score (nSPS) is 15.1. The van der Waals surface area contributed by atoms with Gasteiger partial charge in [-0.3, -0.25) is 15.1 Å². The lowest BCUT2D eigenvalue weighted by Gasteiger charge is -2.34. The zero-order chi connectivity index (χ0) is 22.0. The number of nitro groups is 1. The van der Waals surface area contributed by atoms with Crippen LogP contribution in [0.4, 0.5) is 11.5 Å². The summed E-state index contributed by atoms with van der Waals surface area (Å²) in [4.78, 5) is 16.3. The first-order valence-electron chi connectivity index (χ1n) is 9.30. The van der Waals surface area contributed by atoms with E-state index in [-0.39, 0.29) is 28.7 Å². The zero-order valence-electron chi connectivity index (χ0n) is 16.1. The molecule has 3 aromatic rings. The molecule has 4 rings (SSSR count). The van der Waals surface area contributed by atoms with E-state index in [1.165, 1.54) is 16.4 Å². The Kier molecular flexibility index (Phi) is 5.81. The van der Waals surface area contributed by atoms with Gasteiger partial charge in [-0.25, -0.2) is 8.42 Å². The van der Waals surface area contributed by atoms with Gasteiger partial charge in [-0.2, -0.15) is 4.31 Å². The fraction of sp³-hybridized carbons (Fsp3) is 0.211. The van der Waals surface area contributed by atoms with E-state index in [0.29, 0.717) is 30.3 Å². The molecule has 0 N–H and O–H groups in total. The maximum atomic E-state index is 13.0. The van der Waals surface area contributed by atoms with Gasteiger partial charge >= 0.3 is 0 Å². The molecular weight excluding hydrogens is 444 g/mol. The van der Waals surface area contributed by atoms with Gasteiger partial charge in [-0.15, -0.1) is 10.2 Å². The quantitative estimate of drug-likeness (QED) is 0.420. The molecule has 10 nitrogen and oxygen atoms in total. The summed E-state index contributed by atoms with van der Waals surface area (Å²) in [6.07, 6.45) is 1.68. The number of anilines is 1. The van der Waals surface area contributed by atoms with Crippen molar-refractivity contribution < 1.29 is 13.3 Å². The number of sulfonamides is 1. The fourth-order valence-electron chi connectivity index (χ4n) is 3.24. The maximum Gasteiger partial charge on any atom is 0.270 e. The average molecular weight is 461 g/mol. The molecule has 1 aromatic carbocycles. The summed E-state index contributed by atoms with van der Waals surface area (Å²) in [5.74, 6) is 0.630. The Hall–Kier alpha value is -3.15. The van der Waals surface area contributed by atoms with E-state index in [2.05, 4.69) is 15.2 Å². The minimum atomic E-state index is -3.97. The van der Waals surface area contributed by atoms with E-state index in [1.54, 1.807) is 6.20 Å². The SMILES string of the molecule is O=[N+]([O-])c1ccc(Cl)c(S(=O)(=O)N2CCN(c3ccc(-c4ccccn4)nn3)CC2)c1. The third-order valence-electron chi connectivity index (χ3n) is 4.88. The number of hydrogen-bond donors (Lipinski definition) is 0. The summed E-state index contributed by atoms with van der Waals surface area (Å²) in [5, 5.41) is 19.4. The van der Waals surface area contributed by atoms with E-state index in [9.17, 15) is 18.5 Å². The van der Waals surface area contributed by atoms with E-state index in [0.717, 1.165) is 6.07 Å². The lowest BCUT2D eigenvalue weighted by atomic mass is 10.2. The molecular formula is C19H17ClN6O4S. The van der Waals surface area contributed by atoms with E-state index >= 15 is 0 Å². The predicted molar refractivity (Wildman–Crippen MR) is 114 cm³/mol. The molecule has 31 heavy (non-hydrogen) atoms. The standard InChI is InChI=1S/C19H17ClN6O4S/c20-15-5-4-14(26(27)28)13-18(15)31(29,30)25-11-9-24(10-12-25)19-7-6-17(22-23-19)16-3-1-2-8-21-16/h1-8,13H,9-12H2. The van der Waals surface area contributed by atoms with Gasteiger partial charge in [0.05, 0.1) is 15.6 Å². The van der Waals surface area contributed by atoms with Crippen LogP contribution in [0, 0.1) is 10.1 Å². The van der Waals surface area contributed by atoms with Crippen LogP contribution in [0.2, 0.25) is 5.02 Å². The highest BCUT2D eigenvalue weighted by Gasteiger charge is 2.31. The smallest absolute Gasteiger partial charge is 0.270 e. The lowest BCUT2D eigenvalue weighted by Crippen LogP contribution is -2.49. The number of nitrogens with zero attached hydrogens (tertiary/aromatic N) is 6. The van der Waals surface area contributed by atoms with Gasteiger partial charge in [0, 0.05) is 44.5 Å². The minimum absolute atomic E-state index is 0.0518. The number of rotatable bonds is 5. The number of halogens is 1. The molecule has 1 aliphatic heterocycles. The predicted octanol–water partition coefficient (Wildman–Crippen LogP) is 2.61. The second kappa shape index (κ2) is 8.53. The summed E-state index contributed by atoms with van der Waals surface area (Å²) in [6, 6.07) is 12.5. The van der Waals surface area contributed by atoms with Crippen molar-refractivity contribution in [2.45, 2.75) is 4.90 Å². The first-order chi connectivity index (χ1) is 14.9. The van der Waals surface area contributed by atoms with Crippen molar-refractivity contribution in [2.75, 3.05) is 31.1 Å². The molecule has 0 amide bonds. The first kappa shape index (κ1) is 21.1. The molecule has 12 heteroatoms. The second-order valence-corrected chi connectivity index (χ2v) is 9.07. The molecule has 0 spiro atoms. The first-order valence-corrected chi connectivity index (χ1v) is 11.1. The Balaban J connectivity index is 1.47.